The summed E-state index contributed by atoms with van der Waals surface area (Å²) in [5, 5.41) is 0. The van der Waals surface area contributed by atoms with Crippen molar-refractivity contribution in [3.63, 3.8) is 0 Å². The lowest BCUT2D eigenvalue weighted by molar-refractivity contribution is -0.146. The first-order valence-corrected chi connectivity index (χ1v) is 10.7. The van der Waals surface area contributed by atoms with E-state index < -0.39 is 5.79 Å². The van der Waals surface area contributed by atoms with E-state index in [4.69, 9.17) is 9.47 Å². The van der Waals surface area contributed by atoms with Crippen LogP contribution in [-0.2, 0) is 14.3 Å². The van der Waals surface area contributed by atoms with E-state index in [0.29, 0.717) is 24.9 Å². The van der Waals surface area contributed by atoms with Gasteiger partial charge in [-0.1, -0.05) is 44.6 Å². The molecule has 2 unspecified atom stereocenters. The van der Waals surface area contributed by atoms with Crippen molar-refractivity contribution in [3.8, 4) is 0 Å². The standard InChI is InChI=1S/C22H36O3/c1-3-4-5-6-10-18-16-17-9-7-8-11-19(17)20(21(18)23)12-13-22(2)24-14-15-25-22/h17-18H,3-16H2,1-2H3. The Bertz CT molecular complexity index is 488. The van der Waals surface area contributed by atoms with Crippen molar-refractivity contribution in [2.75, 3.05) is 13.2 Å². The van der Waals surface area contributed by atoms with Crippen molar-refractivity contribution in [1.82, 2.24) is 0 Å². The molecule has 0 amide bonds. The second-order valence-electron chi connectivity index (χ2n) is 8.42. The van der Waals surface area contributed by atoms with Gasteiger partial charge in [0.1, 0.15) is 0 Å². The van der Waals surface area contributed by atoms with Gasteiger partial charge in [-0.25, -0.2) is 0 Å². The van der Waals surface area contributed by atoms with Crippen LogP contribution in [0.1, 0.15) is 90.9 Å². The number of unbranched alkanes of at least 4 members (excludes halogenated alkanes) is 3. The lowest BCUT2D eigenvalue weighted by atomic mass is 9.68. The zero-order valence-electron chi connectivity index (χ0n) is 16.3. The molecule has 3 heteroatoms. The highest BCUT2D eigenvalue weighted by Crippen LogP contribution is 2.44. The third-order valence-corrected chi connectivity index (χ3v) is 6.50. The Morgan fingerprint density at radius 1 is 1.12 bits per heavy atom. The van der Waals surface area contributed by atoms with Crippen molar-refractivity contribution in [1.29, 1.82) is 0 Å². The summed E-state index contributed by atoms with van der Waals surface area (Å²) in [5.74, 6) is 0.936. The molecular weight excluding hydrogens is 312 g/mol. The Labute approximate surface area is 153 Å². The van der Waals surface area contributed by atoms with Gasteiger partial charge in [0.05, 0.1) is 13.2 Å². The first-order chi connectivity index (χ1) is 12.1. The average Bonchev–Trinajstić information content (AvgIpc) is 3.05. The first-order valence-electron chi connectivity index (χ1n) is 10.7. The van der Waals surface area contributed by atoms with E-state index in [-0.39, 0.29) is 5.92 Å². The summed E-state index contributed by atoms with van der Waals surface area (Å²) in [4.78, 5) is 13.2. The number of carbonyl (C=O) groups excluding carboxylic acids is 1. The molecule has 1 saturated carbocycles. The molecule has 0 aromatic rings. The van der Waals surface area contributed by atoms with E-state index in [9.17, 15) is 4.79 Å². The fourth-order valence-corrected chi connectivity index (χ4v) is 5.00. The predicted molar refractivity (Wildman–Crippen MR) is 100 cm³/mol. The van der Waals surface area contributed by atoms with Gasteiger partial charge in [-0.2, -0.15) is 0 Å². The zero-order chi connectivity index (χ0) is 17.7. The molecule has 2 aliphatic carbocycles. The number of ether oxygens (including phenoxy) is 2. The quantitative estimate of drug-likeness (QED) is 0.537. The van der Waals surface area contributed by atoms with Gasteiger partial charge in [-0.05, 0) is 56.9 Å². The van der Waals surface area contributed by atoms with Gasteiger partial charge in [-0.15, -0.1) is 0 Å². The Balaban J connectivity index is 1.67. The smallest absolute Gasteiger partial charge is 0.166 e. The van der Waals surface area contributed by atoms with E-state index in [0.717, 1.165) is 37.7 Å². The Morgan fingerprint density at radius 2 is 1.92 bits per heavy atom. The molecule has 0 aromatic carbocycles. The molecule has 25 heavy (non-hydrogen) atoms. The van der Waals surface area contributed by atoms with E-state index in [1.165, 1.54) is 50.5 Å². The van der Waals surface area contributed by atoms with Gasteiger partial charge in [0.25, 0.3) is 0 Å². The van der Waals surface area contributed by atoms with E-state index in [1.54, 1.807) is 0 Å². The van der Waals surface area contributed by atoms with Crippen LogP contribution in [0.15, 0.2) is 11.1 Å². The fourth-order valence-electron chi connectivity index (χ4n) is 5.00. The predicted octanol–water partition coefficient (Wildman–Crippen LogP) is 5.58. The largest absolute Gasteiger partial charge is 0.348 e. The maximum atomic E-state index is 13.2. The van der Waals surface area contributed by atoms with Crippen LogP contribution in [0, 0.1) is 11.8 Å². The fraction of sp³-hybridized carbons (Fsp3) is 0.864. The number of rotatable bonds is 8. The minimum absolute atomic E-state index is 0.275. The number of fused-ring (bicyclic) bond motifs is 1. The second-order valence-corrected chi connectivity index (χ2v) is 8.42. The third-order valence-electron chi connectivity index (χ3n) is 6.50. The van der Waals surface area contributed by atoms with E-state index in [1.807, 2.05) is 6.92 Å². The number of allylic oxidation sites excluding steroid dienone is 2. The van der Waals surface area contributed by atoms with Crippen LogP contribution in [0.4, 0.5) is 0 Å². The van der Waals surface area contributed by atoms with Gasteiger partial charge in [0.15, 0.2) is 11.6 Å². The molecule has 1 aliphatic heterocycles. The average molecular weight is 349 g/mol. The number of carbonyl (C=O) groups is 1. The van der Waals surface area contributed by atoms with Crippen LogP contribution < -0.4 is 0 Å². The third kappa shape index (κ3) is 4.74. The van der Waals surface area contributed by atoms with Gasteiger partial charge in [0, 0.05) is 12.3 Å². The molecule has 1 heterocycles. The zero-order valence-corrected chi connectivity index (χ0v) is 16.3. The number of hydrogen-bond acceptors (Lipinski definition) is 3. The number of Topliss-reactive ketones (excluding diaryl/α,β-unsaturated/α-hetero) is 1. The molecule has 2 atom stereocenters. The van der Waals surface area contributed by atoms with Crippen molar-refractivity contribution in [3.05, 3.63) is 11.1 Å². The van der Waals surface area contributed by atoms with Crippen LogP contribution >= 0.6 is 0 Å². The molecule has 2 fully saturated rings. The number of ketones is 1. The molecule has 0 N–H and O–H groups in total. The second kappa shape index (κ2) is 8.81. The molecule has 0 aromatic heterocycles. The van der Waals surface area contributed by atoms with Crippen LogP contribution in [-0.4, -0.2) is 24.8 Å². The normalized spacial score (nSPS) is 29.1. The Morgan fingerprint density at radius 3 is 2.68 bits per heavy atom. The van der Waals surface area contributed by atoms with Crippen molar-refractivity contribution < 1.29 is 14.3 Å². The van der Waals surface area contributed by atoms with Crippen molar-refractivity contribution in [2.45, 2.75) is 96.7 Å². The van der Waals surface area contributed by atoms with Crippen LogP contribution in [0.3, 0.4) is 0 Å². The molecule has 142 valence electrons. The minimum Gasteiger partial charge on any atom is -0.348 e. The van der Waals surface area contributed by atoms with E-state index in [2.05, 4.69) is 6.92 Å². The topological polar surface area (TPSA) is 35.5 Å². The van der Waals surface area contributed by atoms with E-state index >= 15 is 0 Å². The highest BCUT2D eigenvalue weighted by Gasteiger charge is 2.38. The molecule has 0 bridgehead atoms. The van der Waals surface area contributed by atoms with Crippen molar-refractivity contribution >= 4 is 5.78 Å². The molecule has 0 radical (unpaired) electrons. The SMILES string of the molecule is CCCCCCC1CC2CCCCC2=C(CCC2(C)OCCO2)C1=O. The van der Waals surface area contributed by atoms with Crippen LogP contribution in [0.5, 0.6) is 0 Å². The van der Waals surface area contributed by atoms with Crippen LogP contribution in [0.25, 0.3) is 0 Å². The summed E-state index contributed by atoms with van der Waals surface area (Å²) in [5.41, 5.74) is 2.67. The Kier molecular flexibility index (Phi) is 6.73. The lowest BCUT2D eigenvalue weighted by Gasteiger charge is -2.36. The maximum Gasteiger partial charge on any atom is 0.166 e. The monoisotopic (exact) mass is 348 g/mol. The summed E-state index contributed by atoms with van der Waals surface area (Å²) in [6, 6.07) is 0. The first kappa shape index (κ1) is 19.1. The summed E-state index contributed by atoms with van der Waals surface area (Å²) in [7, 11) is 0. The highest BCUT2D eigenvalue weighted by atomic mass is 16.7. The Hall–Kier alpha value is -0.670. The summed E-state index contributed by atoms with van der Waals surface area (Å²) in [6.07, 6.45) is 13.9. The molecule has 0 spiro atoms. The minimum atomic E-state index is -0.480. The lowest BCUT2D eigenvalue weighted by Crippen LogP contribution is -2.32. The summed E-state index contributed by atoms with van der Waals surface area (Å²) in [6.45, 7) is 5.63. The summed E-state index contributed by atoms with van der Waals surface area (Å²) < 4.78 is 11.5. The van der Waals surface area contributed by atoms with Gasteiger partial charge >= 0.3 is 0 Å². The molecular formula is C22H36O3. The molecule has 3 rings (SSSR count). The van der Waals surface area contributed by atoms with Crippen molar-refractivity contribution in [2.24, 2.45) is 11.8 Å². The van der Waals surface area contributed by atoms with Gasteiger partial charge in [-0.3, -0.25) is 4.79 Å². The van der Waals surface area contributed by atoms with Gasteiger partial charge in [0.2, 0.25) is 0 Å². The summed E-state index contributed by atoms with van der Waals surface area (Å²) >= 11 is 0. The maximum absolute atomic E-state index is 13.2. The molecule has 3 nitrogen and oxygen atoms in total. The van der Waals surface area contributed by atoms with Crippen LogP contribution in [0.2, 0.25) is 0 Å². The number of hydrogen-bond donors (Lipinski definition) is 0. The molecule has 1 saturated heterocycles. The van der Waals surface area contributed by atoms with Gasteiger partial charge < -0.3 is 9.47 Å². The highest BCUT2D eigenvalue weighted by molar-refractivity contribution is 5.99. The molecule has 3 aliphatic rings.